The minimum absolute atomic E-state index is 0.236. The molecule has 0 amide bonds. The molecule has 0 aliphatic carbocycles. The lowest BCUT2D eigenvalue weighted by molar-refractivity contribution is 0.175. The van der Waals surface area contributed by atoms with E-state index in [0.717, 1.165) is 18.8 Å². The van der Waals surface area contributed by atoms with Crippen LogP contribution in [-0.4, -0.2) is 64.0 Å². The molecule has 3 rings (SSSR count). The summed E-state index contributed by atoms with van der Waals surface area (Å²) < 4.78 is 28.7. The van der Waals surface area contributed by atoms with Gasteiger partial charge in [0.25, 0.3) is 0 Å². The molecular formula is C15H21ClN6O2S. The van der Waals surface area contributed by atoms with Gasteiger partial charge in [-0.3, -0.25) is 4.90 Å². The highest BCUT2D eigenvalue weighted by Gasteiger charge is 2.29. The van der Waals surface area contributed by atoms with Crippen LogP contribution in [0.1, 0.15) is 19.2 Å². The summed E-state index contributed by atoms with van der Waals surface area (Å²) in [7, 11) is -3.51. The van der Waals surface area contributed by atoms with Crippen molar-refractivity contribution in [2.45, 2.75) is 31.3 Å². The summed E-state index contributed by atoms with van der Waals surface area (Å²) in [5.41, 5.74) is 0. The van der Waals surface area contributed by atoms with E-state index in [2.05, 4.69) is 27.3 Å². The smallest absolute Gasteiger partial charge is 0.243 e. The number of rotatable bonds is 6. The van der Waals surface area contributed by atoms with E-state index in [1.807, 2.05) is 0 Å². The van der Waals surface area contributed by atoms with Crippen LogP contribution in [0.4, 0.5) is 0 Å². The molecule has 10 heteroatoms. The fraction of sp³-hybridized carbons (Fsp3) is 0.533. The van der Waals surface area contributed by atoms with Gasteiger partial charge in [0, 0.05) is 37.7 Å². The molecule has 25 heavy (non-hydrogen) atoms. The van der Waals surface area contributed by atoms with Gasteiger partial charge in [0.1, 0.15) is 0 Å². The number of benzene rings is 1. The van der Waals surface area contributed by atoms with Crippen molar-refractivity contribution in [3.8, 4) is 0 Å². The minimum Gasteiger partial charge on any atom is -0.293 e. The zero-order valence-corrected chi connectivity index (χ0v) is 15.6. The van der Waals surface area contributed by atoms with Crippen LogP contribution in [0.3, 0.4) is 0 Å². The molecule has 8 nitrogen and oxygen atoms in total. The highest BCUT2D eigenvalue weighted by Crippen LogP contribution is 2.21. The molecule has 0 spiro atoms. The molecular weight excluding hydrogens is 364 g/mol. The van der Waals surface area contributed by atoms with Crippen molar-refractivity contribution in [1.82, 2.24) is 29.4 Å². The van der Waals surface area contributed by atoms with Crippen LogP contribution in [0.25, 0.3) is 0 Å². The Bertz CT molecular complexity index is 817. The maximum Gasteiger partial charge on any atom is 0.243 e. The van der Waals surface area contributed by atoms with Crippen LogP contribution in [0.15, 0.2) is 29.2 Å². The molecule has 0 bridgehead atoms. The summed E-state index contributed by atoms with van der Waals surface area (Å²) in [6.45, 7) is 5.63. The van der Waals surface area contributed by atoms with Crippen LogP contribution in [0.2, 0.25) is 5.02 Å². The van der Waals surface area contributed by atoms with Gasteiger partial charge in [-0.15, -0.1) is 5.10 Å². The van der Waals surface area contributed by atoms with Crippen LogP contribution in [-0.2, 0) is 23.1 Å². The first-order chi connectivity index (χ1) is 12.0. The Balaban J connectivity index is 1.62. The molecule has 1 fully saturated rings. The maximum atomic E-state index is 12.7. The first kappa shape index (κ1) is 18.2. The molecule has 1 aromatic heterocycles. The third-order valence-electron chi connectivity index (χ3n) is 4.17. The van der Waals surface area contributed by atoms with Crippen molar-refractivity contribution in [1.29, 1.82) is 0 Å². The van der Waals surface area contributed by atoms with Crippen molar-refractivity contribution in [2.24, 2.45) is 0 Å². The standard InChI is InChI=1S/C15H21ClN6O2S/c1-2-6-22-15(17-18-19-22)12-20-7-9-21(10-8-20)25(23,24)14-5-3-4-13(16)11-14/h3-5,11H,2,6-10,12H2,1H3. The molecule has 1 aliphatic rings. The molecule has 2 heterocycles. The van der Waals surface area contributed by atoms with E-state index < -0.39 is 10.0 Å². The summed E-state index contributed by atoms with van der Waals surface area (Å²) >= 11 is 5.92. The Morgan fingerprint density at radius 2 is 1.96 bits per heavy atom. The fourth-order valence-electron chi connectivity index (χ4n) is 2.83. The van der Waals surface area contributed by atoms with Crippen molar-refractivity contribution >= 4 is 21.6 Å². The molecule has 136 valence electrons. The summed E-state index contributed by atoms with van der Waals surface area (Å²) in [6, 6.07) is 6.38. The fourth-order valence-corrected chi connectivity index (χ4v) is 4.55. The Morgan fingerprint density at radius 3 is 2.64 bits per heavy atom. The first-order valence-corrected chi connectivity index (χ1v) is 10.1. The number of nitrogens with zero attached hydrogens (tertiary/aromatic N) is 6. The minimum atomic E-state index is -3.51. The number of piperazine rings is 1. The second-order valence-electron chi connectivity index (χ2n) is 5.96. The first-order valence-electron chi connectivity index (χ1n) is 8.24. The zero-order valence-electron chi connectivity index (χ0n) is 14.0. The van der Waals surface area contributed by atoms with Gasteiger partial charge in [0.05, 0.1) is 11.4 Å². The van der Waals surface area contributed by atoms with Crippen molar-refractivity contribution in [3.05, 3.63) is 35.1 Å². The average molecular weight is 385 g/mol. The van der Waals surface area contributed by atoms with Crippen LogP contribution in [0.5, 0.6) is 0 Å². The number of tetrazole rings is 1. The Labute approximate surface area is 152 Å². The number of halogens is 1. The predicted molar refractivity (Wildman–Crippen MR) is 93.6 cm³/mol. The summed E-state index contributed by atoms with van der Waals surface area (Å²) in [5.74, 6) is 0.813. The second-order valence-corrected chi connectivity index (χ2v) is 8.33. The van der Waals surface area contributed by atoms with Crippen LogP contribution >= 0.6 is 11.6 Å². The Morgan fingerprint density at radius 1 is 1.20 bits per heavy atom. The predicted octanol–water partition coefficient (Wildman–Crippen LogP) is 1.24. The third kappa shape index (κ3) is 4.17. The average Bonchev–Trinajstić information content (AvgIpc) is 3.03. The van der Waals surface area contributed by atoms with Gasteiger partial charge in [-0.2, -0.15) is 4.31 Å². The van der Waals surface area contributed by atoms with Gasteiger partial charge in [-0.25, -0.2) is 13.1 Å². The van der Waals surface area contributed by atoms with Crippen molar-refractivity contribution < 1.29 is 8.42 Å². The van der Waals surface area contributed by atoms with E-state index in [0.29, 0.717) is 37.7 Å². The number of hydrogen-bond acceptors (Lipinski definition) is 6. The van der Waals surface area contributed by atoms with Crippen molar-refractivity contribution in [3.63, 3.8) is 0 Å². The highest BCUT2D eigenvalue weighted by molar-refractivity contribution is 7.89. The van der Waals surface area contributed by atoms with Gasteiger partial charge < -0.3 is 0 Å². The topological polar surface area (TPSA) is 84.2 Å². The number of aromatic nitrogens is 4. The summed E-state index contributed by atoms with van der Waals surface area (Å²) in [5, 5.41) is 12.2. The lowest BCUT2D eigenvalue weighted by atomic mass is 10.3. The zero-order chi connectivity index (χ0) is 17.9. The third-order valence-corrected chi connectivity index (χ3v) is 6.30. The number of sulfonamides is 1. The summed E-state index contributed by atoms with van der Waals surface area (Å²) in [4.78, 5) is 2.40. The van der Waals surface area contributed by atoms with Gasteiger partial charge >= 0.3 is 0 Å². The van der Waals surface area contributed by atoms with Crippen LogP contribution < -0.4 is 0 Å². The molecule has 0 N–H and O–H groups in total. The lowest BCUT2D eigenvalue weighted by Crippen LogP contribution is -2.48. The molecule has 0 radical (unpaired) electrons. The van der Waals surface area contributed by atoms with E-state index in [1.54, 1.807) is 22.9 Å². The number of aryl methyl sites for hydroxylation is 1. The highest BCUT2D eigenvalue weighted by atomic mass is 35.5. The normalized spacial score (nSPS) is 17.0. The molecule has 1 saturated heterocycles. The molecule has 0 saturated carbocycles. The molecule has 1 aromatic carbocycles. The van der Waals surface area contributed by atoms with E-state index >= 15 is 0 Å². The molecule has 1 aliphatic heterocycles. The lowest BCUT2D eigenvalue weighted by Gasteiger charge is -2.33. The molecule has 0 atom stereocenters. The Hall–Kier alpha value is -1.55. The quantitative estimate of drug-likeness (QED) is 0.745. The monoisotopic (exact) mass is 384 g/mol. The second kappa shape index (κ2) is 7.77. The van der Waals surface area contributed by atoms with E-state index in [1.165, 1.54) is 10.4 Å². The van der Waals surface area contributed by atoms with E-state index in [-0.39, 0.29) is 4.90 Å². The Kier molecular flexibility index (Phi) is 5.67. The van der Waals surface area contributed by atoms with Gasteiger partial charge in [-0.05, 0) is 35.0 Å². The summed E-state index contributed by atoms with van der Waals surface area (Å²) in [6.07, 6.45) is 0.962. The number of hydrogen-bond donors (Lipinski definition) is 0. The molecule has 0 unspecified atom stereocenters. The SMILES string of the molecule is CCCn1nnnc1CN1CCN(S(=O)(=O)c2cccc(Cl)c2)CC1. The van der Waals surface area contributed by atoms with Crippen LogP contribution in [0, 0.1) is 0 Å². The van der Waals surface area contributed by atoms with Gasteiger partial charge in [0.15, 0.2) is 5.82 Å². The van der Waals surface area contributed by atoms with Gasteiger partial charge in [-0.1, -0.05) is 24.6 Å². The van der Waals surface area contributed by atoms with Crippen molar-refractivity contribution in [2.75, 3.05) is 26.2 Å². The van der Waals surface area contributed by atoms with E-state index in [9.17, 15) is 8.42 Å². The maximum absolute atomic E-state index is 12.7. The largest absolute Gasteiger partial charge is 0.293 e. The molecule has 2 aromatic rings. The van der Waals surface area contributed by atoms with E-state index in [4.69, 9.17) is 11.6 Å². The van der Waals surface area contributed by atoms with Gasteiger partial charge in [0.2, 0.25) is 10.0 Å².